The van der Waals surface area contributed by atoms with Crippen molar-refractivity contribution in [2.75, 3.05) is 0 Å². The van der Waals surface area contributed by atoms with Crippen molar-refractivity contribution in [2.45, 2.75) is 42.4 Å². The van der Waals surface area contributed by atoms with Crippen LogP contribution in [0.3, 0.4) is 0 Å². The van der Waals surface area contributed by atoms with Gasteiger partial charge in [0.25, 0.3) is 0 Å². The van der Waals surface area contributed by atoms with Crippen molar-refractivity contribution < 1.29 is 0 Å². The highest BCUT2D eigenvalue weighted by molar-refractivity contribution is 8.00. The Bertz CT molecular complexity index is 397. The first-order valence-corrected chi connectivity index (χ1v) is 7.57. The average molecular weight is 290 g/mol. The fourth-order valence-corrected chi connectivity index (χ4v) is 4.14. The zero-order valence-corrected chi connectivity index (χ0v) is 12.2. The monoisotopic (exact) mass is 289 g/mol. The van der Waals surface area contributed by atoms with E-state index in [1.165, 1.54) is 6.42 Å². The fourth-order valence-electron chi connectivity index (χ4n) is 2.22. The molecular formula is C13H17Cl2NS. The molecule has 0 bridgehead atoms. The van der Waals surface area contributed by atoms with Crippen LogP contribution in [-0.4, -0.2) is 11.3 Å². The summed E-state index contributed by atoms with van der Waals surface area (Å²) in [6, 6.07) is 5.87. The van der Waals surface area contributed by atoms with Gasteiger partial charge in [-0.15, -0.1) is 11.8 Å². The summed E-state index contributed by atoms with van der Waals surface area (Å²) in [6.07, 6.45) is 3.51. The number of hydrogen-bond acceptors (Lipinski definition) is 2. The van der Waals surface area contributed by atoms with Gasteiger partial charge in [-0.2, -0.15) is 0 Å². The molecule has 1 aromatic rings. The van der Waals surface area contributed by atoms with Crippen LogP contribution in [0.5, 0.6) is 0 Å². The number of benzene rings is 1. The molecule has 0 radical (unpaired) electrons. The Morgan fingerprint density at radius 1 is 1.29 bits per heavy atom. The summed E-state index contributed by atoms with van der Waals surface area (Å²) in [5, 5.41) is 1.95. The van der Waals surface area contributed by atoms with Crippen LogP contribution >= 0.6 is 35.0 Å². The van der Waals surface area contributed by atoms with Gasteiger partial charge in [-0.3, -0.25) is 0 Å². The van der Waals surface area contributed by atoms with E-state index >= 15 is 0 Å². The zero-order chi connectivity index (χ0) is 12.4. The van der Waals surface area contributed by atoms with Crippen LogP contribution in [0.2, 0.25) is 10.0 Å². The SMILES string of the molecule is CC1CCC(N)C(Sc2cc(Cl)ccc2Cl)C1. The van der Waals surface area contributed by atoms with E-state index in [0.717, 1.165) is 33.7 Å². The number of hydrogen-bond donors (Lipinski definition) is 1. The molecule has 0 amide bonds. The summed E-state index contributed by atoms with van der Waals surface area (Å²) in [5.74, 6) is 0.755. The van der Waals surface area contributed by atoms with Crippen LogP contribution in [0.1, 0.15) is 26.2 Å². The zero-order valence-electron chi connectivity index (χ0n) is 9.83. The number of thioether (sulfide) groups is 1. The molecule has 2 rings (SSSR count). The van der Waals surface area contributed by atoms with Gasteiger partial charge in [0.2, 0.25) is 0 Å². The summed E-state index contributed by atoms with van der Waals surface area (Å²) in [6.45, 7) is 2.29. The second-order valence-electron chi connectivity index (χ2n) is 4.81. The molecule has 0 spiro atoms. The fraction of sp³-hybridized carbons (Fsp3) is 0.538. The van der Waals surface area contributed by atoms with Crippen LogP contribution in [-0.2, 0) is 0 Å². The second-order valence-corrected chi connectivity index (χ2v) is 6.94. The summed E-state index contributed by atoms with van der Waals surface area (Å²) < 4.78 is 0. The summed E-state index contributed by atoms with van der Waals surface area (Å²) in [7, 11) is 0. The summed E-state index contributed by atoms with van der Waals surface area (Å²) in [4.78, 5) is 1.05. The Labute approximate surface area is 117 Å². The topological polar surface area (TPSA) is 26.0 Å². The van der Waals surface area contributed by atoms with E-state index in [9.17, 15) is 0 Å². The lowest BCUT2D eigenvalue weighted by molar-refractivity contribution is 0.357. The molecule has 0 aromatic heterocycles. The van der Waals surface area contributed by atoms with Crippen LogP contribution in [0.4, 0.5) is 0 Å². The van der Waals surface area contributed by atoms with E-state index in [4.69, 9.17) is 28.9 Å². The highest BCUT2D eigenvalue weighted by atomic mass is 35.5. The van der Waals surface area contributed by atoms with Gasteiger partial charge in [0.1, 0.15) is 0 Å². The highest BCUT2D eigenvalue weighted by Crippen LogP contribution is 2.39. The molecule has 3 atom stereocenters. The third-order valence-electron chi connectivity index (χ3n) is 3.28. The maximum Gasteiger partial charge on any atom is 0.0543 e. The largest absolute Gasteiger partial charge is 0.327 e. The minimum Gasteiger partial charge on any atom is -0.327 e. The molecule has 1 saturated carbocycles. The molecule has 94 valence electrons. The van der Waals surface area contributed by atoms with Crippen molar-refractivity contribution in [3.63, 3.8) is 0 Å². The molecule has 1 aliphatic carbocycles. The van der Waals surface area contributed by atoms with Crippen LogP contribution < -0.4 is 5.73 Å². The van der Waals surface area contributed by atoms with Gasteiger partial charge >= 0.3 is 0 Å². The molecule has 3 unspecified atom stereocenters. The maximum atomic E-state index is 6.18. The van der Waals surface area contributed by atoms with E-state index in [2.05, 4.69) is 6.92 Å². The van der Waals surface area contributed by atoms with Crippen LogP contribution in [0.15, 0.2) is 23.1 Å². The molecule has 0 heterocycles. The number of rotatable bonds is 2. The lowest BCUT2D eigenvalue weighted by atomic mass is 9.87. The lowest BCUT2D eigenvalue weighted by Gasteiger charge is -2.32. The van der Waals surface area contributed by atoms with E-state index in [-0.39, 0.29) is 6.04 Å². The first kappa shape index (κ1) is 13.5. The average Bonchev–Trinajstić information content (AvgIpc) is 2.28. The van der Waals surface area contributed by atoms with Crippen molar-refractivity contribution >= 4 is 35.0 Å². The minimum atomic E-state index is 0.270. The first-order chi connectivity index (χ1) is 8.06. The molecular weight excluding hydrogens is 273 g/mol. The molecule has 0 saturated heterocycles. The van der Waals surface area contributed by atoms with Gasteiger partial charge < -0.3 is 5.73 Å². The second kappa shape index (κ2) is 5.83. The van der Waals surface area contributed by atoms with E-state index in [0.29, 0.717) is 5.25 Å². The standard InChI is InChI=1S/C13H17Cl2NS/c1-8-2-5-11(16)13(6-8)17-12-7-9(14)3-4-10(12)15/h3-4,7-8,11,13H,2,5-6,16H2,1H3. The maximum absolute atomic E-state index is 6.18. The number of halogens is 2. The Kier molecular flexibility index (Phi) is 4.65. The lowest BCUT2D eigenvalue weighted by Crippen LogP contribution is -2.37. The molecule has 4 heteroatoms. The van der Waals surface area contributed by atoms with Gasteiger partial charge in [-0.25, -0.2) is 0 Å². The molecule has 1 fully saturated rings. The van der Waals surface area contributed by atoms with Crippen molar-refractivity contribution in [1.82, 2.24) is 0 Å². The van der Waals surface area contributed by atoms with Crippen molar-refractivity contribution in [2.24, 2.45) is 11.7 Å². The molecule has 1 nitrogen and oxygen atoms in total. The smallest absolute Gasteiger partial charge is 0.0543 e. The quantitative estimate of drug-likeness (QED) is 0.861. The van der Waals surface area contributed by atoms with Gasteiger partial charge in [-0.1, -0.05) is 30.1 Å². The molecule has 2 N–H and O–H groups in total. The highest BCUT2D eigenvalue weighted by Gasteiger charge is 2.27. The molecule has 0 aliphatic heterocycles. The van der Waals surface area contributed by atoms with E-state index < -0.39 is 0 Å². The predicted molar refractivity (Wildman–Crippen MR) is 77.1 cm³/mol. The molecule has 17 heavy (non-hydrogen) atoms. The van der Waals surface area contributed by atoms with Crippen molar-refractivity contribution in [1.29, 1.82) is 0 Å². The molecule has 1 aliphatic rings. The predicted octanol–water partition coefficient (Wildman–Crippen LogP) is 4.60. The van der Waals surface area contributed by atoms with Gasteiger partial charge in [0.05, 0.1) is 5.02 Å². The molecule has 1 aromatic carbocycles. The summed E-state index contributed by atoms with van der Waals surface area (Å²) >= 11 is 14.0. The van der Waals surface area contributed by atoms with E-state index in [1.807, 2.05) is 18.2 Å². The minimum absolute atomic E-state index is 0.270. The summed E-state index contributed by atoms with van der Waals surface area (Å²) in [5.41, 5.74) is 6.18. The Morgan fingerprint density at radius 2 is 2.06 bits per heavy atom. The van der Waals surface area contributed by atoms with Gasteiger partial charge in [-0.05, 0) is 43.4 Å². The Balaban J connectivity index is 2.11. The van der Waals surface area contributed by atoms with Crippen LogP contribution in [0.25, 0.3) is 0 Å². The first-order valence-electron chi connectivity index (χ1n) is 5.93. The third-order valence-corrected chi connectivity index (χ3v) is 5.39. The van der Waals surface area contributed by atoms with Gasteiger partial charge in [0.15, 0.2) is 0 Å². The Hall–Kier alpha value is 0.110. The van der Waals surface area contributed by atoms with Crippen molar-refractivity contribution in [3.8, 4) is 0 Å². The normalized spacial score (nSPS) is 29.3. The third kappa shape index (κ3) is 3.54. The van der Waals surface area contributed by atoms with Crippen LogP contribution in [0, 0.1) is 5.92 Å². The Morgan fingerprint density at radius 3 is 2.82 bits per heavy atom. The van der Waals surface area contributed by atoms with Gasteiger partial charge in [0, 0.05) is 21.2 Å². The number of nitrogens with two attached hydrogens (primary N) is 1. The van der Waals surface area contributed by atoms with E-state index in [1.54, 1.807) is 11.8 Å². The van der Waals surface area contributed by atoms with Crippen molar-refractivity contribution in [3.05, 3.63) is 28.2 Å².